The third-order valence-electron chi connectivity index (χ3n) is 7.06. The molecule has 2 saturated heterocycles. The van der Waals surface area contributed by atoms with Crippen molar-refractivity contribution < 1.29 is 22.8 Å². The van der Waals surface area contributed by atoms with Crippen molar-refractivity contribution in [1.29, 1.82) is 0 Å². The van der Waals surface area contributed by atoms with Gasteiger partial charge in [-0.3, -0.25) is 14.4 Å². The number of halogens is 1. The maximum Gasteiger partial charge on any atom is 0.247 e. The number of hydrogen-bond donors (Lipinski definition) is 2. The van der Waals surface area contributed by atoms with Crippen molar-refractivity contribution in [3.8, 4) is 0 Å². The van der Waals surface area contributed by atoms with Crippen molar-refractivity contribution in [3.05, 3.63) is 69.2 Å². The Hall–Kier alpha value is -3.25. The molecule has 0 radical (unpaired) electrons. The lowest BCUT2D eigenvalue weighted by Gasteiger charge is -2.33. The summed E-state index contributed by atoms with van der Waals surface area (Å²) in [5.74, 6) is -1.05. The first-order valence-electron chi connectivity index (χ1n) is 13.0. The second-order valence-electron chi connectivity index (χ2n) is 9.86. The lowest BCUT2D eigenvalue weighted by molar-refractivity contribution is -0.144. The van der Waals surface area contributed by atoms with Gasteiger partial charge in [-0.25, -0.2) is 8.42 Å². The van der Waals surface area contributed by atoms with Crippen LogP contribution >= 0.6 is 22.9 Å². The predicted molar refractivity (Wildman–Crippen MR) is 157 cm³/mol. The van der Waals surface area contributed by atoms with Crippen molar-refractivity contribution >= 4 is 73.2 Å². The van der Waals surface area contributed by atoms with Gasteiger partial charge in [0.2, 0.25) is 27.7 Å². The molecule has 2 aromatic carbocycles. The number of benzene rings is 2. The molecule has 0 saturated carbocycles. The monoisotopic (exact) mass is 600 g/mol. The van der Waals surface area contributed by atoms with E-state index in [0.29, 0.717) is 53.7 Å². The topological polar surface area (TPSA) is 116 Å². The van der Waals surface area contributed by atoms with Gasteiger partial charge in [0.05, 0.1) is 10.9 Å². The maximum atomic E-state index is 13.2. The van der Waals surface area contributed by atoms with Crippen LogP contribution in [0.1, 0.15) is 30.6 Å². The number of amides is 3. The second-order valence-corrected chi connectivity index (χ2v) is 13.2. The molecular weight excluding hydrogens is 572 g/mol. The Kier molecular flexibility index (Phi) is 8.55. The molecule has 2 fully saturated rings. The first-order valence-corrected chi connectivity index (χ1v) is 15.8. The molecule has 3 amide bonds. The molecule has 2 aliphatic heterocycles. The SMILES string of the molecule is O=C(Nc1ccc2ccccc2c1)C1CCCN1C(=O)CN1CCCC(NS(=O)(=O)/C=C/c2ccc(Cl)s2)C1=O. The summed E-state index contributed by atoms with van der Waals surface area (Å²) in [5, 5.41) is 6.00. The highest BCUT2D eigenvalue weighted by Gasteiger charge is 2.37. The van der Waals surface area contributed by atoms with Crippen LogP contribution in [-0.4, -0.2) is 67.7 Å². The van der Waals surface area contributed by atoms with Crippen molar-refractivity contribution in [2.24, 2.45) is 0 Å². The highest BCUT2D eigenvalue weighted by atomic mass is 35.5. The zero-order valence-electron chi connectivity index (χ0n) is 21.6. The molecule has 2 N–H and O–H groups in total. The molecule has 2 aliphatic rings. The van der Waals surface area contributed by atoms with Crippen LogP contribution in [0.5, 0.6) is 0 Å². The normalized spacial score (nSPS) is 20.0. The number of likely N-dealkylation sites (tertiary alicyclic amines) is 2. The van der Waals surface area contributed by atoms with E-state index in [2.05, 4.69) is 10.0 Å². The van der Waals surface area contributed by atoms with E-state index in [1.165, 1.54) is 27.2 Å². The summed E-state index contributed by atoms with van der Waals surface area (Å²) in [4.78, 5) is 43.0. The standard InChI is InChI=1S/C28H29ClN4O5S2/c29-25-12-11-22(39-25)13-16-40(37,38)31-23-7-3-14-32(28(23)36)18-26(34)33-15-4-8-24(33)27(35)30-21-10-9-19-5-1-2-6-20(19)17-21/h1-2,5-6,9-13,16-17,23-24,31H,3-4,7-8,14-15,18H2,(H,30,35)/b16-13+. The van der Waals surface area contributed by atoms with E-state index in [4.69, 9.17) is 11.6 Å². The molecule has 9 nitrogen and oxygen atoms in total. The Bertz CT molecular complexity index is 1570. The summed E-state index contributed by atoms with van der Waals surface area (Å²) in [5.41, 5.74) is 0.653. The Morgan fingerprint density at radius 1 is 1.02 bits per heavy atom. The fourth-order valence-corrected chi connectivity index (χ4v) is 7.17. The Morgan fingerprint density at radius 2 is 1.80 bits per heavy atom. The van der Waals surface area contributed by atoms with E-state index in [-0.39, 0.29) is 18.4 Å². The number of thiophene rings is 1. The van der Waals surface area contributed by atoms with Gasteiger partial charge in [-0.15, -0.1) is 11.3 Å². The van der Waals surface area contributed by atoms with Crippen molar-refractivity contribution in [3.63, 3.8) is 0 Å². The van der Waals surface area contributed by atoms with Crippen LogP contribution < -0.4 is 10.0 Å². The van der Waals surface area contributed by atoms with Crippen molar-refractivity contribution in [2.45, 2.75) is 37.8 Å². The average Bonchev–Trinajstić information content (AvgIpc) is 3.59. The molecule has 210 valence electrons. The van der Waals surface area contributed by atoms with E-state index in [1.807, 2.05) is 42.5 Å². The largest absolute Gasteiger partial charge is 0.332 e. The van der Waals surface area contributed by atoms with Crippen molar-refractivity contribution in [1.82, 2.24) is 14.5 Å². The highest BCUT2D eigenvalue weighted by Crippen LogP contribution is 2.24. The van der Waals surface area contributed by atoms with E-state index >= 15 is 0 Å². The van der Waals surface area contributed by atoms with Crippen LogP contribution in [0.4, 0.5) is 5.69 Å². The number of carbonyl (C=O) groups is 3. The molecule has 2 atom stereocenters. The number of sulfonamides is 1. The maximum absolute atomic E-state index is 13.2. The van der Waals surface area contributed by atoms with Crippen LogP contribution in [0.15, 0.2) is 60.0 Å². The van der Waals surface area contributed by atoms with Gasteiger partial charge in [0.1, 0.15) is 12.1 Å². The molecule has 3 aromatic rings. The molecule has 0 bridgehead atoms. The molecule has 2 unspecified atom stereocenters. The van der Waals surface area contributed by atoms with Crippen LogP contribution in [0.25, 0.3) is 16.8 Å². The molecule has 1 aromatic heterocycles. The summed E-state index contributed by atoms with van der Waals surface area (Å²) >= 11 is 7.13. The number of piperidine rings is 1. The Balaban J connectivity index is 1.19. The van der Waals surface area contributed by atoms with Gasteiger partial charge in [0.25, 0.3) is 0 Å². The van der Waals surface area contributed by atoms with E-state index < -0.39 is 28.0 Å². The van der Waals surface area contributed by atoms with Gasteiger partial charge in [-0.05, 0) is 66.8 Å². The fourth-order valence-electron chi connectivity index (χ4n) is 5.10. The zero-order chi connectivity index (χ0) is 28.3. The Morgan fingerprint density at radius 3 is 2.58 bits per heavy atom. The Labute approximate surface area is 241 Å². The van der Waals surface area contributed by atoms with Gasteiger partial charge in [-0.2, -0.15) is 4.72 Å². The quantitative estimate of drug-likeness (QED) is 0.404. The lowest BCUT2D eigenvalue weighted by Crippen LogP contribution is -2.55. The molecule has 5 rings (SSSR count). The van der Waals surface area contributed by atoms with Gasteiger partial charge < -0.3 is 15.1 Å². The van der Waals surface area contributed by atoms with Gasteiger partial charge in [0.15, 0.2) is 0 Å². The molecule has 3 heterocycles. The molecule has 0 aliphatic carbocycles. The average molecular weight is 601 g/mol. The van der Waals surface area contributed by atoms with E-state index in [9.17, 15) is 22.8 Å². The number of nitrogens with zero attached hydrogens (tertiary/aromatic N) is 2. The van der Waals surface area contributed by atoms with Gasteiger partial charge in [-0.1, -0.05) is 41.9 Å². The highest BCUT2D eigenvalue weighted by molar-refractivity contribution is 7.92. The molecule has 40 heavy (non-hydrogen) atoms. The molecule has 12 heteroatoms. The van der Waals surface area contributed by atoms with Gasteiger partial charge >= 0.3 is 0 Å². The van der Waals surface area contributed by atoms with Crippen LogP contribution in [0, 0.1) is 0 Å². The molecular formula is C28H29ClN4O5S2. The van der Waals surface area contributed by atoms with Crippen LogP contribution in [0.2, 0.25) is 4.34 Å². The summed E-state index contributed by atoms with van der Waals surface area (Å²) < 4.78 is 28.2. The predicted octanol–water partition coefficient (Wildman–Crippen LogP) is 4.07. The lowest BCUT2D eigenvalue weighted by atomic mass is 10.1. The summed E-state index contributed by atoms with van der Waals surface area (Å²) in [6, 6.07) is 15.3. The van der Waals surface area contributed by atoms with Gasteiger partial charge in [0, 0.05) is 29.1 Å². The second kappa shape index (κ2) is 12.1. The van der Waals surface area contributed by atoms with E-state index in [1.54, 1.807) is 12.1 Å². The third-order valence-corrected chi connectivity index (χ3v) is 9.37. The number of fused-ring (bicyclic) bond motifs is 1. The van der Waals surface area contributed by atoms with E-state index in [0.717, 1.165) is 16.2 Å². The minimum absolute atomic E-state index is 0.208. The van der Waals surface area contributed by atoms with Crippen LogP contribution in [-0.2, 0) is 24.4 Å². The smallest absolute Gasteiger partial charge is 0.247 e. The fraction of sp³-hybridized carbons (Fsp3) is 0.321. The number of rotatable bonds is 8. The van der Waals surface area contributed by atoms with Crippen molar-refractivity contribution in [2.75, 3.05) is 25.0 Å². The minimum atomic E-state index is -3.90. The number of carbonyl (C=O) groups excluding carboxylic acids is 3. The number of nitrogens with one attached hydrogen (secondary N) is 2. The number of hydrogen-bond acceptors (Lipinski definition) is 6. The van der Waals surface area contributed by atoms with Crippen LogP contribution in [0.3, 0.4) is 0 Å². The summed E-state index contributed by atoms with van der Waals surface area (Å²) in [6.45, 7) is 0.554. The number of anilines is 1. The minimum Gasteiger partial charge on any atom is -0.332 e. The third kappa shape index (κ3) is 6.72. The molecule has 0 spiro atoms. The first-order chi connectivity index (χ1) is 19.2. The first kappa shape index (κ1) is 28.3. The summed E-state index contributed by atoms with van der Waals surface area (Å²) in [6.07, 6.45) is 3.51. The zero-order valence-corrected chi connectivity index (χ0v) is 24.0. The summed E-state index contributed by atoms with van der Waals surface area (Å²) in [7, 11) is -3.90.